The van der Waals surface area contributed by atoms with Crippen molar-refractivity contribution in [2.24, 2.45) is 7.05 Å². The van der Waals surface area contributed by atoms with Gasteiger partial charge in [0.25, 0.3) is 0 Å². The van der Waals surface area contributed by atoms with E-state index in [0.29, 0.717) is 0 Å². The van der Waals surface area contributed by atoms with Gasteiger partial charge in [0.1, 0.15) is 5.82 Å². The van der Waals surface area contributed by atoms with E-state index in [1.165, 1.54) is 0 Å². The molecule has 0 unspecified atom stereocenters. The number of hydrogen-bond donors (Lipinski definition) is 1. The van der Waals surface area contributed by atoms with Gasteiger partial charge in [-0.15, -0.1) is 0 Å². The van der Waals surface area contributed by atoms with Crippen LogP contribution in [0.2, 0.25) is 0 Å². The molecule has 0 bridgehead atoms. The highest BCUT2D eigenvalue weighted by Gasteiger charge is 1.99. The number of hydrogen-bond acceptors (Lipinski definition) is 2. The average molecular weight is 169 g/mol. The van der Waals surface area contributed by atoms with Crippen molar-refractivity contribution < 1.29 is 0 Å². The molecule has 0 aliphatic heterocycles. The normalized spacial score (nSPS) is 9.73. The molecule has 4 heteroatoms. The molecule has 1 heterocycles. The predicted molar refractivity (Wildman–Crippen MR) is 49.8 cm³/mol. The molecular weight excluding hydrogens is 158 g/mol. The second-order valence-electron chi connectivity index (χ2n) is 2.48. The minimum Gasteiger partial charge on any atom is -0.335 e. The molecule has 0 aromatic carbocycles. The van der Waals surface area contributed by atoms with E-state index in [9.17, 15) is 0 Å². The van der Waals surface area contributed by atoms with Crippen molar-refractivity contribution in [2.75, 3.05) is 5.32 Å². The summed E-state index contributed by atoms with van der Waals surface area (Å²) < 4.78 is 1.77. The number of aromatic nitrogens is 2. The SMILES string of the molecule is CC(=S)Nc1cc(C)nn1C. The molecule has 1 rings (SSSR count). The van der Waals surface area contributed by atoms with Gasteiger partial charge < -0.3 is 5.32 Å². The molecule has 0 aliphatic rings. The molecular formula is C7H11N3S. The minimum atomic E-state index is 0.757. The molecule has 0 aliphatic carbocycles. The smallest absolute Gasteiger partial charge is 0.128 e. The average Bonchev–Trinajstić information content (AvgIpc) is 2.09. The van der Waals surface area contributed by atoms with Crippen LogP contribution in [0.4, 0.5) is 5.82 Å². The Kier molecular flexibility index (Phi) is 2.24. The van der Waals surface area contributed by atoms with Gasteiger partial charge in [0, 0.05) is 13.1 Å². The summed E-state index contributed by atoms with van der Waals surface area (Å²) in [5.41, 5.74) is 0.992. The number of nitrogens with one attached hydrogen (secondary N) is 1. The molecule has 1 N–H and O–H groups in total. The van der Waals surface area contributed by atoms with Gasteiger partial charge in [0.15, 0.2) is 0 Å². The Bertz CT molecular complexity index is 277. The fourth-order valence-electron chi connectivity index (χ4n) is 0.908. The number of thiocarbonyl (C=S) groups is 1. The van der Waals surface area contributed by atoms with Crippen molar-refractivity contribution in [2.45, 2.75) is 13.8 Å². The van der Waals surface area contributed by atoms with E-state index >= 15 is 0 Å². The third kappa shape index (κ3) is 2.01. The number of nitrogens with zero attached hydrogens (tertiary/aromatic N) is 2. The van der Waals surface area contributed by atoms with Crippen LogP contribution < -0.4 is 5.32 Å². The van der Waals surface area contributed by atoms with E-state index in [2.05, 4.69) is 10.4 Å². The second-order valence-corrected chi connectivity index (χ2v) is 3.09. The van der Waals surface area contributed by atoms with E-state index < -0.39 is 0 Å². The molecule has 0 spiro atoms. The summed E-state index contributed by atoms with van der Waals surface area (Å²) in [4.78, 5) is 0.757. The summed E-state index contributed by atoms with van der Waals surface area (Å²) in [6.45, 7) is 3.79. The summed E-state index contributed by atoms with van der Waals surface area (Å²) in [7, 11) is 1.88. The van der Waals surface area contributed by atoms with Crippen molar-refractivity contribution in [3.8, 4) is 0 Å². The summed E-state index contributed by atoms with van der Waals surface area (Å²) in [6.07, 6.45) is 0. The van der Waals surface area contributed by atoms with Crippen molar-refractivity contribution in [3.05, 3.63) is 11.8 Å². The van der Waals surface area contributed by atoms with E-state index in [1.54, 1.807) is 4.68 Å². The van der Waals surface area contributed by atoms with Crippen LogP contribution in [0.15, 0.2) is 6.07 Å². The molecule has 60 valence electrons. The Balaban J connectivity index is 2.85. The van der Waals surface area contributed by atoms with Crippen LogP contribution in [0.3, 0.4) is 0 Å². The first kappa shape index (κ1) is 8.20. The van der Waals surface area contributed by atoms with Gasteiger partial charge in [-0.25, -0.2) is 0 Å². The number of aryl methyl sites for hydroxylation is 2. The number of anilines is 1. The molecule has 1 aromatic heterocycles. The highest BCUT2D eigenvalue weighted by Crippen LogP contribution is 2.07. The topological polar surface area (TPSA) is 29.9 Å². The lowest BCUT2D eigenvalue weighted by Gasteiger charge is -2.01. The summed E-state index contributed by atoms with van der Waals surface area (Å²) in [5.74, 6) is 0.940. The maximum absolute atomic E-state index is 4.89. The molecule has 1 aromatic rings. The van der Waals surface area contributed by atoms with E-state index in [4.69, 9.17) is 12.2 Å². The van der Waals surface area contributed by atoms with Crippen LogP contribution in [0.5, 0.6) is 0 Å². The monoisotopic (exact) mass is 169 g/mol. The lowest BCUT2D eigenvalue weighted by molar-refractivity contribution is 0.766. The van der Waals surface area contributed by atoms with Crippen LogP contribution in [-0.4, -0.2) is 14.8 Å². The Morgan fingerprint density at radius 2 is 2.36 bits per heavy atom. The largest absolute Gasteiger partial charge is 0.335 e. The molecule has 0 fully saturated rings. The van der Waals surface area contributed by atoms with Gasteiger partial charge >= 0.3 is 0 Å². The zero-order chi connectivity index (χ0) is 8.43. The fraction of sp³-hybridized carbons (Fsp3) is 0.429. The van der Waals surface area contributed by atoms with Crippen molar-refractivity contribution >= 4 is 23.0 Å². The molecule has 0 saturated heterocycles. The highest BCUT2D eigenvalue weighted by molar-refractivity contribution is 7.80. The summed E-state index contributed by atoms with van der Waals surface area (Å²) >= 11 is 4.89. The quantitative estimate of drug-likeness (QED) is 0.646. The second kappa shape index (κ2) is 3.00. The van der Waals surface area contributed by atoms with Gasteiger partial charge in [-0.2, -0.15) is 5.10 Å². The third-order valence-electron chi connectivity index (χ3n) is 1.31. The highest BCUT2D eigenvalue weighted by atomic mass is 32.1. The molecule has 0 saturated carbocycles. The number of rotatable bonds is 1. The maximum atomic E-state index is 4.89. The van der Waals surface area contributed by atoms with E-state index in [1.807, 2.05) is 27.0 Å². The maximum Gasteiger partial charge on any atom is 0.128 e. The van der Waals surface area contributed by atoms with Gasteiger partial charge in [0.05, 0.1) is 10.7 Å². The Hall–Kier alpha value is -0.900. The van der Waals surface area contributed by atoms with Gasteiger partial charge in [-0.05, 0) is 13.8 Å². The van der Waals surface area contributed by atoms with Crippen LogP contribution in [0, 0.1) is 6.92 Å². The van der Waals surface area contributed by atoms with Gasteiger partial charge in [0.2, 0.25) is 0 Å². The van der Waals surface area contributed by atoms with Crippen molar-refractivity contribution in [1.82, 2.24) is 9.78 Å². The Labute approximate surface area is 71.4 Å². The molecule has 0 amide bonds. The van der Waals surface area contributed by atoms with Crippen molar-refractivity contribution in [1.29, 1.82) is 0 Å². The minimum absolute atomic E-state index is 0.757. The Morgan fingerprint density at radius 3 is 2.73 bits per heavy atom. The van der Waals surface area contributed by atoms with Crippen LogP contribution in [0.1, 0.15) is 12.6 Å². The molecule has 11 heavy (non-hydrogen) atoms. The lowest BCUT2D eigenvalue weighted by atomic mass is 10.5. The van der Waals surface area contributed by atoms with Crippen LogP contribution in [0.25, 0.3) is 0 Å². The zero-order valence-corrected chi connectivity index (χ0v) is 7.70. The van der Waals surface area contributed by atoms with Crippen LogP contribution in [-0.2, 0) is 7.05 Å². The van der Waals surface area contributed by atoms with Crippen molar-refractivity contribution in [3.63, 3.8) is 0 Å². The standard InChI is InChI=1S/C7H11N3S/c1-5-4-7(8-6(2)11)10(3)9-5/h4H,1-3H3,(H,8,11). The fourth-order valence-corrected chi connectivity index (χ4v) is 1.01. The first-order valence-electron chi connectivity index (χ1n) is 3.38. The van der Waals surface area contributed by atoms with E-state index in [-0.39, 0.29) is 0 Å². The van der Waals surface area contributed by atoms with E-state index in [0.717, 1.165) is 16.5 Å². The van der Waals surface area contributed by atoms with Crippen LogP contribution >= 0.6 is 12.2 Å². The lowest BCUT2D eigenvalue weighted by Crippen LogP contribution is -2.07. The first-order valence-corrected chi connectivity index (χ1v) is 3.78. The predicted octanol–water partition coefficient (Wildman–Crippen LogP) is 1.49. The molecule has 0 radical (unpaired) electrons. The summed E-state index contributed by atoms with van der Waals surface area (Å²) in [5, 5.41) is 7.18. The molecule has 3 nitrogen and oxygen atoms in total. The molecule has 0 atom stereocenters. The Morgan fingerprint density at radius 1 is 1.73 bits per heavy atom. The third-order valence-corrected chi connectivity index (χ3v) is 1.41. The first-order chi connectivity index (χ1) is 5.09. The zero-order valence-electron chi connectivity index (χ0n) is 6.88. The summed E-state index contributed by atoms with van der Waals surface area (Å²) in [6, 6.07) is 1.95. The van der Waals surface area contributed by atoms with Gasteiger partial charge in [-0.1, -0.05) is 12.2 Å². The van der Waals surface area contributed by atoms with Gasteiger partial charge in [-0.3, -0.25) is 4.68 Å².